The van der Waals surface area contributed by atoms with E-state index in [-0.39, 0.29) is 33.7 Å². The van der Waals surface area contributed by atoms with E-state index in [0.717, 1.165) is 5.69 Å². The van der Waals surface area contributed by atoms with Crippen molar-refractivity contribution < 1.29 is 18.7 Å². The summed E-state index contributed by atoms with van der Waals surface area (Å²) in [5, 5.41) is 5.53. The highest BCUT2D eigenvalue weighted by molar-refractivity contribution is 6.31. The number of fused-ring (bicyclic) bond motifs is 4. The number of carbonyl (C=O) groups excluding carboxylic acids is 2. The Labute approximate surface area is 239 Å². The molecule has 212 valence electrons. The minimum atomic E-state index is -0.646. The number of halogens is 2. The van der Waals surface area contributed by atoms with Crippen molar-refractivity contribution in [2.45, 2.75) is 39.2 Å². The Bertz CT molecular complexity index is 1700. The number of rotatable bonds is 3. The second-order valence-electron chi connectivity index (χ2n) is 9.93. The lowest BCUT2D eigenvalue weighted by molar-refractivity contribution is -0.119. The van der Waals surface area contributed by atoms with E-state index in [4.69, 9.17) is 16.6 Å². The van der Waals surface area contributed by atoms with Gasteiger partial charge in [0.25, 0.3) is 5.56 Å². The van der Waals surface area contributed by atoms with Crippen LogP contribution in [0.5, 0.6) is 0 Å². The third-order valence-electron chi connectivity index (χ3n) is 7.14. The maximum atomic E-state index is 14.6. The molecule has 10 nitrogen and oxygen atoms in total. The Morgan fingerprint density at radius 1 is 1.17 bits per heavy atom. The molecule has 12 heteroatoms. The molecule has 2 aromatic heterocycles. The smallest absolute Gasteiger partial charge is 0.411 e. The quantitative estimate of drug-likeness (QED) is 0.276. The van der Waals surface area contributed by atoms with Crippen LogP contribution in [0.3, 0.4) is 0 Å². The summed E-state index contributed by atoms with van der Waals surface area (Å²) < 4.78 is 20.8. The molecule has 41 heavy (non-hydrogen) atoms. The van der Waals surface area contributed by atoms with Crippen LogP contribution in [-0.4, -0.2) is 38.6 Å². The molecule has 0 spiro atoms. The molecule has 1 aliphatic heterocycles. The van der Waals surface area contributed by atoms with Crippen LogP contribution < -0.4 is 16.2 Å². The molecule has 3 N–H and O–H groups in total. The lowest BCUT2D eigenvalue weighted by Crippen LogP contribution is -2.27. The largest absolute Gasteiger partial charge is 0.453 e. The first-order valence-corrected chi connectivity index (χ1v) is 13.4. The van der Waals surface area contributed by atoms with Crippen LogP contribution >= 0.6 is 11.6 Å². The lowest BCUT2D eigenvalue weighted by Gasteiger charge is -2.20. The van der Waals surface area contributed by atoms with Gasteiger partial charge in [0.1, 0.15) is 5.82 Å². The molecule has 2 amide bonds. The highest BCUT2D eigenvalue weighted by atomic mass is 35.5. The summed E-state index contributed by atoms with van der Waals surface area (Å²) in [4.78, 5) is 50.8. The third-order valence-corrected chi connectivity index (χ3v) is 7.44. The SMILES string of the molecule is COC(=O)Nc1ccc2c(c1)NC(=O)[C@H](C)CCC[C@H](n1cnc(-c3cccc(Cl)c3F)cc1=O)c1nc-2c(C)[nH]1. The van der Waals surface area contributed by atoms with Crippen molar-refractivity contribution in [3.63, 3.8) is 0 Å². The highest BCUT2D eigenvalue weighted by Gasteiger charge is 2.26. The molecule has 0 saturated carbocycles. The molecule has 0 fully saturated rings. The lowest BCUT2D eigenvalue weighted by atomic mass is 9.99. The summed E-state index contributed by atoms with van der Waals surface area (Å²) in [6.45, 7) is 3.69. The highest BCUT2D eigenvalue weighted by Crippen LogP contribution is 2.35. The van der Waals surface area contributed by atoms with Crippen molar-refractivity contribution in [3.05, 3.63) is 81.5 Å². The monoisotopic (exact) mass is 578 g/mol. The number of benzene rings is 2. The predicted molar refractivity (Wildman–Crippen MR) is 153 cm³/mol. The van der Waals surface area contributed by atoms with Gasteiger partial charge in [0.15, 0.2) is 5.82 Å². The summed E-state index contributed by atoms with van der Waals surface area (Å²) in [5.41, 5.74) is 2.78. The number of H-pyrrole nitrogens is 1. The van der Waals surface area contributed by atoms with Gasteiger partial charge in [-0.25, -0.2) is 19.2 Å². The van der Waals surface area contributed by atoms with E-state index in [2.05, 4.69) is 25.3 Å². The number of methoxy groups -OCH3 is 1. The van der Waals surface area contributed by atoms with E-state index in [1.807, 2.05) is 13.8 Å². The average molecular weight is 579 g/mol. The normalized spacial score (nSPS) is 17.0. The molecule has 5 rings (SSSR count). The number of aryl methyl sites for hydroxylation is 1. The van der Waals surface area contributed by atoms with Crippen molar-refractivity contribution in [1.82, 2.24) is 19.5 Å². The van der Waals surface area contributed by atoms with Gasteiger partial charge in [0.2, 0.25) is 5.91 Å². The molecule has 4 aromatic rings. The van der Waals surface area contributed by atoms with Crippen molar-refractivity contribution in [3.8, 4) is 22.5 Å². The van der Waals surface area contributed by atoms with Gasteiger partial charge < -0.3 is 15.0 Å². The van der Waals surface area contributed by atoms with Gasteiger partial charge in [0.05, 0.1) is 41.6 Å². The van der Waals surface area contributed by atoms with Crippen LogP contribution in [-0.2, 0) is 9.53 Å². The van der Waals surface area contributed by atoms with Crippen molar-refractivity contribution in [1.29, 1.82) is 0 Å². The average Bonchev–Trinajstić information content (AvgIpc) is 3.33. The van der Waals surface area contributed by atoms with Gasteiger partial charge in [-0.3, -0.25) is 19.5 Å². The number of ether oxygens (including phenoxy) is 1. The van der Waals surface area contributed by atoms with Crippen LogP contribution in [0.4, 0.5) is 20.6 Å². The van der Waals surface area contributed by atoms with Gasteiger partial charge in [-0.15, -0.1) is 0 Å². The predicted octanol–water partition coefficient (Wildman–Crippen LogP) is 5.93. The van der Waals surface area contributed by atoms with Crippen LogP contribution in [0.15, 0.2) is 53.6 Å². The summed E-state index contributed by atoms with van der Waals surface area (Å²) >= 11 is 5.93. The maximum Gasteiger partial charge on any atom is 0.411 e. The second kappa shape index (κ2) is 11.5. The van der Waals surface area contributed by atoms with E-state index < -0.39 is 18.0 Å². The topological polar surface area (TPSA) is 131 Å². The Morgan fingerprint density at radius 2 is 1.98 bits per heavy atom. The molecule has 0 unspecified atom stereocenters. The number of hydrogen-bond donors (Lipinski definition) is 3. The molecule has 0 aliphatic carbocycles. The number of carbonyl (C=O) groups is 2. The second-order valence-corrected chi connectivity index (χ2v) is 10.3. The number of imidazole rings is 1. The summed E-state index contributed by atoms with van der Waals surface area (Å²) in [7, 11) is 1.27. The van der Waals surface area contributed by atoms with E-state index >= 15 is 0 Å². The minimum Gasteiger partial charge on any atom is -0.453 e. The number of aromatic amines is 1. The molecule has 0 radical (unpaired) electrons. The first kappa shape index (κ1) is 28.0. The van der Waals surface area contributed by atoms with Gasteiger partial charge >= 0.3 is 6.09 Å². The van der Waals surface area contributed by atoms with Crippen LogP contribution in [0.25, 0.3) is 22.5 Å². The van der Waals surface area contributed by atoms with Crippen molar-refractivity contribution in [2.75, 3.05) is 17.7 Å². The summed E-state index contributed by atoms with van der Waals surface area (Å²) in [6, 6.07) is 10.4. The van der Waals surface area contributed by atoms with Crippen molar-refractivity contribution in [2.24, 2.45) is 5.92 Å². The van der Waals surface area contributed by atoms with Gasteiger partial charge in [-0.1, -0.05) is 31.0 Å². The van der Waals surface area contributed by atoms with E-state index in [9.17, 15) is 18.8 Å². The molecule has 2 bridgehead atoms. The number of hydrogen-bond acceptors (Lipinski definition) is 6. The third kappa shape index (κ3) is 5.71. The van der Waals surface area contributed by atoms with Gasteiger partial charge in [0, 0.05) is 34.5 Å². The zero-order valence-electron chi connectivity index (χ0n) is 22.6. The minimum absolute atomic E-state index is 0.0574. The van der Waals surface area contributed by atoms with E-state index in [1.54, 1.807) is 24.3 Å². The molecule has 0 saturated heterocycles. The fraction of sp³-hybridized carbons (Fsp3) is 0.276. The molecule has 2 aromatic carbocycles. The Hall–Kier alpha value is -4.51. The first-order chi connectivity index (χ1) is 19.7. The zero-order chi connectivity index (χ0) is 29.3. The zero-order valence-corrected chi connectivity index (χ0v) is 23.4. The number of anilines is 2. The summed E-state index contributed by atoms with van der Waals surface area (Å²) in [6.07, 6.45) is 2.43. The fourth-order valence-electron chi connectivity index (χ4n) is 4.91. The first-order valence-electron chi connectivity index (χ1n) is 13.1. The van der Waals surface area contributed by atoms with Gasteiger partial charge in [-0.05, 0) is 50.1 Å². The fourth-order valence-corrected chi connectivity index (χ4v) is 5.08. The molecular weight excluding hydrogens is 551 g/mol. The van der Waals surface area contributed by atoms with Crippen molar-refractivity contribution >= 4 is 35.0 Å². The number of amides is 2. The van der Waals surface area contributed by atoms with Crippen LogP contribution in [0.2, 0.25) is 5.02 Å². The Kier molecular flexibility index (Phi) is 7.89. The van der Waals surface area contributed by atoms with Gasteiger partial charge in [-0.2, -0.15) is 0 Å². The van der Waals surface area contributed by atoms with E-state index in [0.29, 0.717) is 47.7 Å². The molecule has 1 aliphatic rings. The maximum absolute atomic E-state index is 14.6. The number of aromatic nitrogens is 4. The Balaban J connectivity index is 1.58. The van der Waals surface area contributed by atoms with Crippen LogP contribution in [0, 0.1) is 18.7 Å². The molecular formula is C29H28ClFN6O4. The standard InChI is InChI=1S/C29H28ClFN6O4/c1-15-6-4-9-23(37-14-32-21(13-24(37)38)18-7-5-8-20(30)25(18)31)27-33-16(2)26(36-27)19-11-10-17(34-29(40)41-3)12-22(19)35-28(15)39/h5,7-8,10-15,23H,4,6,9H2,1-3H3,(H,33,36)(H,34,40)(H,35,39)/t15-,23+/m1/s1. The number of nitrogens with one attached hydrogen (secondary N) is 3. The Morgan fingerprint density at radius 3 is 2.73 bits per heavy atom. The molecule has 2 atom stereocenters. The molecule has 3 heterocycles. The number of nitrogens with zero attached hydrogens (tertiary/aromatic N) is 3. The van der Waals surface area contributed by atoms with Crippen LogP contribution in [0.1, 0.15) is 43.7 Å². The summed E-state index contributed by atoms with van der Waals surface area (Å²) in [5.74, 6) is -0.609. The van der Waals surface area contributed by atoms with E-state index in [1.165, 1.54) is 36.2 Å².